The molecular formula is C16H17FN4O2S2. The van der Waals surface area contributed by atoms with E-state index in [1.165, 1.54) is 29.8 Å². The SMILES string of the molecule is CS(=O)(=O)NCCCNc1ncnc2cc(-c3ccc(F)cc3)sc12. The zero-order chi connectivity index (χ0) is 17.9. The lowest BCUT2D eigenvalue weighted by molar-refractivity contribution is 0.586. The van der Waals surface area contributed by atoms with Crippen LogP contribution in [0.4, 0.5) is 10.2 Å². The van der Waals surface area contributed by atoms with Crippen molar-refractivity contribution in [3.8, 4) is 10.4 Å². The summed E-state index contributed by atoms with van der Waals surface area (Å²) in [5.41, 5.74) is 1.74. The lowest BCUT2D eigenvalue weighted by Crippen LogP contribution is -2.24. The maximum atomic E-state index is 13.1. The highest BCUT2D eigenvalue weighted by Gasteiger charge is 2.10. The summed E-state index contributed by atoms with van der Waals surface area (Å²) in [4.78, 5) is 9.52. The summed E-state index contributed by atoms with van der Waals surface area (Å²) in [6.45, 7) is 0.948. The summed E-state index contributed by atoms with van der Waals surface area (Å²) in [7, 11) is -3.16. The molecule has 2 heterocycles. The molecule has 0 fully saturated rings. The van der Waals surface area contributed by atoms with Gasteiger partial charge in [0.05, 0.1) is 16.5 Å². The lowest BCUT2D eigenvalue weighted by atomic mass is 10.2. The summed E-state index contributed by atoms with van der Waals surface area (Å²) in [5.74, 6) is 0.442. The average Bonchev–Trinajstić information content (AvgIpc) is 2.99. The Balaban J connectivity index is 1.72. The standard InChI is InChI=1S/C16H17FN4O2S2/c1-25(22,23)21-8-2-7-18-16-15-13(19-10-20-16)9-14(24-15)11-3-5-12(17)6-4-11/h3-6,9-10,21H,2,7-8H2,1H3,(H,18,19,20). The molecule has 0 atom stereocenters. The van der Waals surface area contributed by atoms with E-state index in [1.54, 1.807) is 12.1 Å². The molecule has 132 valence electrons. The maximum absolute atomic E-state index is 13.1. The summed E-state index contributed by atoms with van der Waals surface area (Å²) >= 11 is 1.53. The number of aromatic nitrogens is 2. The van der Waals surface area contributed by atoms with Gasteiger partial charge in [-0.05, 0) is 30.2 Å². The van der Waals surface area contributed by atoms with Gasteiger partial charge >= 0.3 is 0 Å². The molecule has 0 saturated carbocycles. The van der Waals surface area contributed by atoms with E-state index in [0.29, 0.717) is 25.3 Å². The molecule has 0 amide bonds. The fourth-order valence-electron chi connectivity index (χ4n) is 2.29. The van der Waals surface area contributed by atoms with Crippen LogP contribution >= 0.6 is 11.3 Å². The smallest absolute Gasteiger partial charge is 0.208 e. The Bertz CT molecular complexity index is 971. The van der Waals surface area contributed by atoms with Gasteiger partial charge in [0.15, 0.2) is 0 Å². The second-order valence-corrected chi connectivity index (χ2v) is 8.39. The molecule has 0 saturated heterocycles. The van der Waals surface area contributed by atoms with Crippen molar-refractivity contribution in [2.75, 3.05) is 24.7 Å². The molecule has 3 aromatic rings. The number of benzene rings is 1. The van der Waals surface area contributed by atoms with E-state index >= 15 is 0 Å². The number of nitrogens with zero attached hydrogens (tertiary/aromatic N) is 2. The highest BCUT2D eigenvalue weighted by molar-refractivity contribution is 7.88. The van der Waals surface area contributed by atoms with Crippen molar-refractivity contribution in [1.82, 2.24) is 14.7 Å². The maximum Gasteiger partial charge on any atom is 0.208 e. The number of thiophene rings is 1. The monoisotopic (exact) mass is 380 g/mol. The Morgan fingerprint density at radius 2 is 1.92 bits per heavy atom. The predicted octanol–water partition coefficient (Wildman–Crippen LogP) is 2.85. The molecule has 6 nitrogen and oxygen atoms in total. The van der Waals surface area contributed by atoms with Gasteiger partial charge in [0.2, 0.25) is 10.0 Å². The van der Waals surface area contributed by atoms with Gasteiger partial charge in [-0.15, -0.1) is 11.3 Å². The van der Waals surface area contributed by atoms with Crippen LogP contribution in [0.15, 0.2) is 36.7 Å². The predicted molar refractivity (Wildman–Crippen MR) is 98.8 cm³/mol. The zero-order valence-corrected chi connectivity index (χ0v) is 15.1. The number of fused-ring (bicyclic) bond motifs is 1. The van der Waals surface area contributed by atoms with Crippen molar-refractivity contribution >= 4 is 37.4 Å². The van der Waals surface area contributed by atoms with E-state index in [4.69, 9.17) is 0 Å². The van der Waals surface area contributed by atoms with Crippen molar-refractivity contribution in [3.05, 3.63) is 42.5 Å². The Kier molecular flexibility index (Phi) is 5.26. The van der Waals surface area contributed by atoms with Gasteiger partial charge in [0.25, 0.3) is 0 Å². The van der Waals surface area contributed by atoms with Crippen molar-refractivity contribution in [2.45, 2.75) is 6.42 Å². The molecule has 0 unspecified atom stereocenters. The molecule has 0 aliphatic rings. The number of anilines is 1. The van der Waals surface area contributed by atoms with E-state index in [2.05, 4.69) is 20.0 Å². The third-order valence-electron chi connectivity index (χ3n) is 3.45. The van der Waals surface area contributed by atoms with E-state index in [1.807, 2.05) is 6.07 Å². The molecule has 2 N–H and O–H groups in total. The Morgan fingerprint density at radius 1 is 1.16 bits per heavy atom. The van der Waals surface area contributed by atoms with Gasteiger partial charge in [-0.2, -0.15) is 0 Å². The number of sulfonamides is 1. The molecule has 25 heavy (non-hydrogen) atoms. The number of hydrogen-bond donors (Lipinski definition) is 2. The molecule has 2 aromatic heterocycles. The summed E-state index contributed by atoms with van der Waals surface area (Å²) < 4.78 is 38.5. The summed E-state index contributed by atoms with van der Waals surface area (Å²) in [6, 6.07) is 8.28. The van der Waals surface area contributed by atoms with E-state index in [9.17, 15) is 12.8 Å². The quantitative estimate of drug-likeness (QED) is 0.616. The average molecular weight is 380 g/mol. The molecule has 0 aliphatic carbocycles. The fraction of sp³-hybridized carbons (Fsp3) is 0.250. The first-order chi connectivity index (χ1) is 11.9. The van der Waals surface area contributed by atoms with Gasteiger partial charge < -0.3 is 5.32 Å². The van der Waals surface area contributed by atoms with Crippen molar-refractivity contribution < 1.29 is 12.8 Å². The summed E-state index contributed by atoms with van der Waals surface area (Å²) in [5, 5.41) is 3.21. The van der Waals surface area contributed by atoms with Crippen LogP contribution in [0.25, 0.3) is 20.7 Å². The molecule has 0 radical (unpaired) electrons. The highest BCUT2D eigenvalue weighted by Crippen LogP contribution is 2.35. The van der Waals surface area contributed by atoms with Crippen LogP contribution in [0, 0.1) is 5.82 Å². The first kappa shape index (κ1) is 17.7. The van der Waals surface area contributed by atoms with E-state index < -0.39 is 10.0 Å². The molecule has 1 aromatic carbocycles. The normalized spacial score (nSPS) is 11.8. The topological polar surface area (TPSA) is 84.0 Å². The van der Waals surface area contributed by atoms with Crippen LogP contribution in [0.5, 0.6) is 0 Å². The Morgan fingerprint density at radius 3 is 2.64 bits per heavy atom. The zero-order valence-electron chi connectivity index (χ0n) is 13.5. The van der Waals surface area contributed by atoms with Gasteiger partial charge in [0.1, 0.15) is 18.0 Å². The van der Waals surface area contributed by atoms with E-state index in [0.717, 1.165) is 26.9 Å². The molecule has 0 aliphatic heterocycles. The van der Waals surface area contributed by atoms with Crippen LogP contribution in [-0.4, -0.2) is 37.7 Å². The lowest BCUT2D eigenvalue weighted by Gasteiger charge is -2.06. The van der Waals surface area contributed by atoms with Crippen LogP contribution in [0.2, 0.25) is 0 Å². The largest absolute Gasteiger partial charge is 0.369 e. The number of hydrogen-bond acceptors (Lipinski definition) is 6. The highest BCUT2D eigenvalue weighted by atomic mass is 32.2. The van der Waals surface area contributed by atoms with Crippen molar-refractivity contribution in [1.29, 1.82) is 0 Å². The molecule has 0 bridgehead atoms. The fourth-order valence-corrected chi connectivity index (χ4v) is 3.89. The molecular weight excluding hydrogens is 363 g/mol. The minimum absolute atomic E-state index is 0.269. The van der Waals surface area contributed by atoms with Crippen molar-refractivity contribution in [2.24, 2.45) is 0 Å². The van der Waals surface area contributed by atoms with Gasteiger partial charge in [-0.3, -0.25) is 0 Å². The number of rotatable bonds is 7. The second-order valence-electron chi connectivity index (χ2n) is 5.50. The molecule has 0 spiro atoms. The first-order valence-electron chi connectivity index (χ1n) is 7.61. The molecule has 9 heteroatoms. The minimum atomic E-state index is -3.16. The first-order valence-corrected chi connectivity index (χ1v) is 10.3. The van der Waals surface area contributed by atoms with Gasteiger partial charge in [-0.25, -0.2) is 27.5 Å². The van der Waals surface area contributed by atoms with E-state index in [-0.39, 0.29) is 5.82 Å². The van der Waals surface area contributed by atoms with Crippen LogP contribution in [-0.2, 0) is 10.0 Å². The Hall–Kier alpha value is -2.10. The van der Waals surface area contributed by atoms with Crippen molar-refractivity contribution in [3.63, 3.8) is 0 Å². The number of halogens is 1. The number of nitrogens with one attached hydrogen (secondary N) is 2. The second kappa shape index (κ2) is 7.42. The van der Waals surface area contributed by atoms with Crippen LogP contribution in [0.3, 0.4) is 0 Å². The third kappa shape index (κ3) is 4.71. The summed E-state index contributed by atoms with van der Waals surface area (Å²) in [6.07, 6.45) is 3.26. The van der Waals surface area contributed by atoms with Gasteiger partial charge in [-0.1, -0.05) is 12.1 Å². The van der Waals surface area contributed by atoms with Crippen LogP contribution in [0.1, 0.15) is 6.42 Å². The Labute approximate surface area is 149 Å². The van der Waals surface area contributed by atoms with Gasteiger partial charge in [0, 0.05) is 18.0 Å². The third-order valence-corrected chi connectivity index (χ3v) is 5.36. The minimum Gasteiger partial charge on any atom is -0.369 e. The van der Waals surface area contributed by atoms with Crippen LogP contribution < -0.4 is 10.0 Å². The molecule has 3 rings (SSSR count).